The number of hydrazone groups is 1. The SMILES string of the molecule is Cc1ccc(S(=O)(=O)NN=CC=Cc2ccc(N(C)C)cc2)cc1. The van der Waals surface area contributed by atoms with E-state index in [-0.39, 0.29) is 4.90 Å². The summed E-state index contributed by atoms with van der Waals surface area (Å²) < 4.78 is 24.0. The maximum absolute atomic E-state index is 12.0. The maximum atomic E-state index is 12.0. The number of nitrogens with zero attached hydrogens (tertiary/aromatic N) is 2. The highest BCUT2D eigenvalue weighted by atomic mass is 32.2. The van der Waals surface area contributed by atoms with E-state index in [1.807, 2.05) is 56.3 Å². The summed E-state index contributed by atoms with van der Waals surface area (Å²) in [7, 11) is 0.343. The fraction of sp³-hybridized carbons (Fsp3) is 0.167. The Kier molecular flexibility index (Phi) is 5.76. The van der Waals surface area contributed by atoms with Crippen molar-refractivity contribution in [2.24, 2.45) is 5.10 Å². The molecule has 0 fully saturated rings. The first-order valence-corrected chi connectivity index (χ1v) is 8.92. The first kappa shape index (κ1) is 17.7. The van der Waals surface area contributed by atoms with Crippen molar-refractivity contribution in [2.45, 2.75) is 11.8 Å². The van der Waals surface area contributed by atoms with Crippen LogP contribution in [0.4, 0.5) is 5.69 Å². The molecule has 0 aliphatic rings. The summed E-state index contributed by atoms with van der Waals surface area (Å²) in [5.41, 5.74) is 3.13. The van der Waals surface area contributed by atoms with Crippen LogP contribution < -0.4 is 9.73 Å². The van der Waals surface area contributed by atoms with E-state index in [1.54, 1.807) is 30.3 Å². The molecule has 0 aliphatic heterocycles. The minimum Gasteiger partial charge on any atom is -0.378 e. The minimum atomic E-state index is -3.62. The number of nitrogens with one attached hydrogen (secondary N) is 1. The van der Waals surface area contributed by atoms with Crippen molar-refractivity contribution in [2.75, 3.05) is 19.0 Å². The van der Waals surface area contributed by atoms with Crippen LogP contribution in [0.1, 0.15) is 11.1 Å². The fourth-order valence-electron chi connectivity index (χ4n) is 1.95. The molecular weight excluding hydrogens is 322 g/mol. The Labute approximate surface area is 143 Å². The van der Waals surface area contributed by atoms with Crippen LogP contribution in [0.5, 0.6) is 0 Å². The number of aryl methyl sites for hydroxylation is 1. The summed E-state index contributed by atoms with van der Waals surface area (Å²) in [6.07, 6.45) is 4.94. The Balaban J connectivity index is 1.95. The van der Waals surface area contributed by atoms with Gasteiger partial charge in [0.25, 0.3) is 10.0 Å². The molecule has 0 heterocycles. The molecule has 5 nitrogen and oxygen atoms in total. The van der Waals surface area contributed by atoms with Gasteiger partial charge in [0.15, 0.2) is 0 Å². The Hall–Kier alpha value is -2.60. The average Bonchev–Trinajstić information content (AvgIpc) is 2.55. The van der Waals surface area contributed by atoms with E-state index in [0.29, 0.717) is 0 Å². The highest BCUT2D eigenvalue weighted by molar-refractivity contribution is 7.89. The molecule has 2 aromatic rings. The number of benzene rings is 2. The van der Waals surface area contributed by atoms with Gasteiger partial charge in [0.2, 0.25) is 0 Å². The zero-order valence-electron chi connectivity index (χ0n) is 14.0. The van der Waals surface area contributed by atoms with Crippen LogP contribution in [0.25, 0.3) is 6.08 Å². The summed E-state index contributed by atoms with van der Waals surface area (Å²) in [6.45, 7) is 1.90. The lowest BCUT2D eigenvalue weighted by atomic mass is 10.2. The topological polar surface area (TPSA) is 61.8 Å². The molecule has 6 heteroatoms. The molecule has 24 heavy (non-hydrogen) atoms. The van der Waals surface area contributed by atoms with E-state index in [1.165, 1.54) is 6.21 Å². The van der Waals surface area contributed by atoms with Gasteiger partial charge in [0, 0.05) is 26.0 Å². The van der Waals surface area contributed by atoms with Gasteiger partial charge in [-0.15, -0.1) is 0 Å². The molecular formula is C18H21N3O2S. The van der Waals surface area contributed by atoms with Crippen molar-refractivity contribution < 1.29 is 8.42 Å². The fourth-order valence-corrected chi connectivity index (χ4v) is 2.75. The van der Waals surface area contributed by atoms with Gasteiger partial charge in [-0.25, -0.2) is 4.83 Å². The van der Waals surface area contributed by atoms with Gasteiger partial charge in [0.1, 0.15) is 0 Å². The van der Waals surface area contributed by atoms with Crippen LogP contribution >= 0.6 is 0 Å². The lowest BCUT2D eigenvalue weighted by molar-refractivity contribution is 0.584. The van der Waals surface area contributed by atoms with Gasteiger partial charge in [0.05, 0.1) is 4.90 Å². The van der Waals surface area contributed by atoms with Crippen molar-refractivity contribution in [3.63, 3.8) is 0 Å². The van der Waals surface area contributed by atoms with Crippen molar-refractivity contribution in [3.05, 3.63) is 65.7 Å². The Morgan fingerprint density at radius 1 is 1.00 bits per heavy atom. The molecule has 0 atom stereocenters. The smallest absolute Gasteiger partial charge is 0.276 e. The minimum absolute atomic E-state index is 0.188. The second-order valence-electron chi connectivity index (χ2n) is 5.53. The van der Waals surface area contributed by atoms with Crippen LogP contribution in [0, 0.1) is 6.92 Å². The van der Waals surface area contributed by atoms with Gasteiger partial charge >= 0.3 is 0 Å². The molecule has 0 radical (unpaired) electrons. The van der Waals surface area contributed by atoms with Crippen molar-refractivity contribution >= 4 is 28.0 Å². The van der Waals surface area contributed by atoms with Crippen LogP contribution in [-0.2, 0) is 10.0 Å². The van der Waals surface area contributed by atoms with Gasteiger partial charge < -0.3 is 4.90 Å². The molecule has 0 saturated heterocycles. The van der Waals surface area contributed by atoms with Gasteiger partial charge in [-0.1, -0.05) is 35.9 Å². The van der Waals surface area contributed by atoms with Crippen LogP contribution in [-0.4, -0.2) is 28.7 Å². The molecule has 1 N–H and O–H groups in total. The molecule has 0 aromatic heterocycles. The van der Waals surface area contributed by atoms with Gasteiger partial charge in [-0.2, -0.15) is 13.5 Å². The van der Waals surface area contributed by atoms with Crippen LogP contribution in [0.15, 0.2) is 64.6 Å². The van der Waals surface area contributed by atoms with Crippen LogP contribution in [0.3, 0.4) is 0 Å². The molecule has 126 valence electrons. The molecule has 2 aromatic carbocycles. The number of hydrogen-bond acceptors (Lipinski definition) is 4. The second-order valence-corrected chi connectivity index (χ2v) is 7.19. The standard InChI is InChI=1S/C18H21N3O2S/c1-15-6-12-18(13-7-15)24(22,23)20-19-14-4-5-16-8-10-17(11-9-16)21(2)3/h4-14,20H,1-3H3. The monoisotopic (exact) mass is 343 g/mol. The quantitative estimate of drug-likeness (QED) is 0.648. The van der Waals surface area contributed by atoms with E-state index < -0.39 is 10.0 Å². The zero-order valence-corrected chi connectivity index (χ0v) is 14.8. The highest BCUT2D eigenvalue weighted by Gasteiger charge is 2.11. The predicted molar refractivity (Wildman–Crippen MR) is 99.8 cm³/mol. The largest absolute Gasteiger partial charge is 0.378 e. The molecule has 0 bridgehead atoms. The van der Waals surface area contributed by atoms with E-state index in [4.69, 9.17) is 0 Å². The molecule has 0 aliphatic carbocycles. The van der Waals surface area contributed by atoms with Crippen molar-refractivity contribution in [1.29, 1.82) is 0 Å². The lowest BCUT2D eigenvalue weighted by Gasteiger charge is -2.11. The predicted octanol–water partition coefficient (Wildman–Crippen LogP) is 3.04. The maximum Gasteiger partial charge on any atom is 0.276 e. The third kappa shape index (κ3) is 4.96. The molecule has 0 saturated carbocycles. The summed E-state index contributed by atoms with van der Waals surface area (Å²) in [5, 5.41) is 3.74. The first-order chi connectivity index (χ1) is 11.4. The summed E-state index contributed by atoms with van der Waals surface area (Å²) in [6, 6.07) is 14.6. The van der Waals surface area contributed by atoms with E-state index in [2.05, 4.69) is 9.93 Å². The third-order valence-corrected chi connectivity index (χ3v) is 4.60. The average molecular weight is 343 g/mol. The summed E-state index contributed by atoms with van der Waals surface area (Å²) in [5.74, 6) is 0. The zero-order chi connectivity index (χ0) is 17.6. The van der Waals surface area contributed by atoms with Crippen molar-refractivity contribution in [1.82, 2.24) is 4.83 Å². The molecule has 2 rings (SSSR count). The van der Waals surface area contributed by atoms with E-state index in [0.717, 1.165) is 16.8 Å². The van der Waals surface area contributed by atoms with Crippen LogP contribution in [0.2, 0.25) is 0 Å². The van der Waals surface area contributed by atoms with Crippen molar-refractivity contribution in [3.8, 4) is 0 Å². The first-order valence-electron chi connectivity index (χ1n) is 7.44. The number of hydrogen-bond donors (Lipinski definition) is 1. The number of anilines is 1. The van der Waals surface area contributed by atoms with Gasteiger partial charge in [-0.3, -0.25) is 0 Å². The number of sulfonamides is 1. The lowest BCUT2D eigenvalue weighted by Crippen LogP contribution is -2.17. The third-order valence-electron chi connectivity index (χ3n) is 3.36. The van der Waals surface area contributed by atoms with E-state index >= 15 is 0 Å². The number of rotatable bonds is 6. The normalized spacial score (nSPS) is 12.0. The molecule has 0 amide bonds. The number of allylic oxidation sites excluding steroid dienone is 1. The second kappa shape index (κ2) is 7.79. The molecule has 0 spiro atoms. The Morgan fingerprint density at radius 3 is 2.21 bits per heavy atom. The Morgan fingerprint density at radius 2 is 1.62 bits per heavy atom. The summed E-state index contributed by atoms with van der Waals surface area (Å²) in [4.78, 5) is 4.40. The Bertz CT molecular complexity index is 822. The molecule has 0 unspecified atom stereocenters. The highest BCUT2D eigenvalue weighted by Crippen LogP contribution is 2.13. The van der Waals surface area contributed by atoms with Gasteiger partial charge in [-0.05, 0) is 42.8 Å². The van der Waals surface area contributed by atoms with E-state index in [9.17, 15) is 8.42 Å². The summed E-state index contributed by atoms with van der Waals surface area (Å²) >= 11 is 0.